The van der Waals surface area contributed by atoms with Crippen LogP contribution in [0.1, 0.15) is 17.2 Å². The molecule has 0 bridgehead atoms. The van der Waals surface area contributed by atoms with Crippen molar-refractivity contribution in [3.63, 3.8) is 0 Å². The van der Waals surface area contributed by atoms with Gasteiger partial charge in [-0.25, -0.2) is 0 Å². The van der Waals surface area contributed by atoms with Gasteiger partial charge < -0.3 is 14.1 Å². The van der Waals surface area contributed by atoms with E-state index in [1.165, 1.54) is 4.90 Å². The van der Waals surface area contributed by atoms with Gasteiger partial charge in [0.25, 0.3) is 5.91 Å². The van der Waals surface area contributed by atoms with E-state index in [0.29, 0.717) is 5.56 Å². The van der Waals surface area contributed by atoms with Crippen molar-refractivity contribution in [3.8, 4) is 0 Å². The number of esters is 1. The summed E-state index contributed by atoms with van der Waals surface area (Å²) in [6.07, 6.45) is 0.628. The number of carbonyl (C=O) groups excluding carboxylic acids is 2. The van der Waals surface area contributed by atoms with Crippen LogP contribution >= 0.6 is 0 Å². The van der Waals surface area contributed by atoms with Gasteiger partial charge in [-0.15, -0.1) is 0 Å². The molecule has 0 radical (unpaired) electrons. The predicted molar refractivity (Wildman–Crippen MR) is 111 cm³/mol. The largest absolute Gasteiger partial charge is 0.464 e. The summed E-state index contributed by atoms with van der Waals surface area (Å²) in [6.45, 7) is 0. The molecular formula is C24H21NO4. The van der Waals surface area contributed by atoms with Gasteiger partial charge in [0.05, 0.1) is 12.7 Å². The molecule has 5 nitrogen and oxygen atoms in total. The molecular weight excluding hydrogens is 366 g/mol. The molecule has 0 aliphatic carbocycles. The second kappa shape index (κ2) is 7.80. The van der Waals surface area contributed by atoms with E-state index >= 15 is 0 Å². The number of hydrogen-bond donors (Lipinski definition) is 0. The molecule has 1 amide bonds. The molecule has 1 heterocycles. The Balaban J connectivity index is 1.63. The fourth-order valence-corrected chi connectivity index (χ4v) is 3.46. The standard InChI is InChI=1S/C24H21NO4/c1-25(2)24(27)23(17-9-4-3-5-10-17)29-21(26)14-18-15-28-20-13-12-16-8-6-7-11-19(16)22(18)20/h3-13,15,23H,14H2,1-2H3/t23-/m1/s1. The summed E-state index contributed by atoms with van der Waals surface area (Å²) in [7, 11) is 3.28. The fraction of sp³-hybridized carbons (Fsp3) is 0.167. The number of nitrogens with zero attached hydrogens (tertiary/aromatic N) is 1. The minimum atomic E-state index is -0.978. The van der Waals surface area contributed by atoms with Crippen LogP contribution in [0, 0.1) is 0 Å². The molecule has 1 atom stereocenters. The van der Waals surface area contributed by atoms with E-state index in [1.807, 2.05) is 54.6 Å². The van der Waals surface area contributed by atoms with Crippen LogP contribution in [0.4, 0.5) is 0 Å². The number of furan rings is 1. The highest BCUT2D eigenvalue weighted by molar-refractivity contribution is 6.08. The van der Waals surface area contributed by atoms with Gasteiger partial charge in [0.2, 0.25) is 6.10 Å². The number of benzene rings is 3. The normalized spacial score (nSPS) is 12.1. The van der Waals surface area contributed by atoms with Crippen LogP contribution in [0.5, 0.6) is 0 Å². The molecule has 4 rings (SSSR count). The molecule has 0 saturated carbocycles. The second-order valence-electron chi connectivity index (χ2n) is 7.11. The number of amides is 1. The van der Waals surface area contributed by atoms with E-state index in [2.05, 4.69) is 0 Å². The van der Waals surface area contributed by atoms with E-state index < -0.39 is 12.1 Å². The Morgan fingerprint density at radius 1 is 0.966 bits per heavy atom. The minimum Gasteiger partial charge on any atom is -0.464 e. The maximum atomic E-state index is 12.8. The van der Waals surface area contributed by atoms with E-state index in [0.717, 1.165) is 27.3 Å². The number of hydrogen-bond acceptors (Lipinski definition) is 4. The average Bonchev–Trinajstić information content (AvgIpc) is 3.15. The van der Waals surface area contributed by atoms with Crippen molar-refractivity contribution in [2.45, 2.75) is 12.5 Å². The van der Waals surface area contributed by atoms with Gasteiger partial charge in [0, 0.05) is 30.6 Å². The molecule has 0 saturated heterocycles. The Bertz CT molecular complexity index is 1180. The topological polar surface area (TPSA) is 59.8 Å². The number of likely N-dealkylation sites (N-methyl/N-ethyl adjacent to an activating group) is 1. The van der Waals surface area contributed by atoms with Gasteiger partial charge in [0.15, 0.2) is 0 Å². The number of rotatable bonds is 5. The molecule has 3 aromatic carbocycles. The highest BCUT2D eigenvalue weighted by Gasteiger charge is 2.27. The summed E-state index contributed by atoms with van der Waals surface area (Å²) < 4.78 is 11.3. The molecule has 0 spiro atoms. The van der Waals surface area contributed by atoms with Crippen LogP contribution in [-0.2, 0) is 20.7 Å². The lowest BCUT2D eigenvalue weighted by Gasteiger charge is -2.21. The van der Waals surface area contributed by atoms with Gasteiger partial charge in [0.1, 0.15) is 5.58 Å². The zero-order valence-electron chi connectivity index (χ0n) is 16.3. The summed E-state index contributed by atoms with van der Waals surface area (Å²) in [5.74, 6) is -0.767. The first kappa shape index (κ1) is 18.7. The summed E-state index contributed by atoms with van der Waals surface area (Å²) in [6, 6.07) is 20.9. The van der Waals surface area contributed by atoms with Crippen molar-refractivity contribution >= 4 is 33.6 Å². The first-order valence-electron chi connectivity index (χ1n) is 9.38. The van der Waals surface area contributed by atoms with E-state index in [4.69, 9.17) is 9.15 Å². The molecule has 29 heavy (non-hydrogen) atoms. The van der Waals surface area contributed by atoms with Crippen LogP contribution in [-0.4, -0.2) is 30.9 Å². The maximum absolute atomic E-state index is 12.8. The zero-order valence-corrected chi connectivity index (χ0v) is 16.3. The molecule has 146 valence electrons. The number of fused-ring (bicyclic) bond motifs is 3. The molecule has 0 fully saturated rings. The Labute approximate surface area is 168 Å². The maximum Gasteiger partial charge on any atom is 0.311 e. The minimum absolute atomic E-state index is 0.0189. The lowest BCUT2D eigenvalue weighted by molar-refractivity contribution is -0.159. The van der Waals surface area contributed by atoms with Crippen LogP contribution in [0.3, 0.4) is 0 Å². The van der Waals surface area contributed by atoms with E-state index in [9.17, 15) is 9.59 Å². The van der Waals surface area contributed by atoms with Crippen molar-refractivity contribution in [3.05, 3.63) is 84.1 Å². The van der Waals surface area contributed by atoms with Gasteiger partial charge in [-0.3, -0.25) is 9.59 Å². The molecule has 0 aliphatic heterocycles. The molecule has 0 unspecified atom stereocenters. The van der Waals surface area contributed by atoms with Crippen molar-refractivity contribution in [1.82, 2.24) is 4.90 Å². The summed E-state index contributed by atoms with van der Waals surface area (Å²) >= 11 is 0. The summed E-state index contributed by atoms with van der Waals surface area (Å²) in [5, 5.41) is 2.99. The van der Waals surface area contributed by atoms with Gasteiger partial charge in [-0.1, -0.05) is 60.7 Å². The van der Waals surface area contributed by atoms with Crippen LogP contribution in [0.25, 0.3) is 21.7 Å². The lowest BCUT2D eigenvalue weighted by atomic mass is 10.0. The lowest BCUT2D eigenvalue weighted by Crippen LogP contribution is -2.31. The molecule has 5 heteroatoms. The average molecular weight is 387 g/mol. The Morgan fingerprint density at radius 3 is 2.45 bits per heavy atom. The molecule has 0 N–H and O–H groups in total. The Kier molecular flexibility index (Phi) is 5.04. The summed E-state index contributed by atoms with van der Waals surface area (Å²) in [4.78, 5) is 26.8. The smallest absolute Gasteiger partial charge is 0.311 e. The van der Waals surface area contributed by atoms with Crippen LogP contribution in [0.15, 0.2) is 77.4 Å². The van der Waals surface area contributed by atoms with Gasteiger partial charge in [-0.05, 0) is 16.8 Å². The highest BCUT2D eigenvalue weighted by Crippen LogP contribution is 2.30. The Morgan fingerprint density at radius 2 is 1.69 bits per heavy atom. The Hall–Kier alpha value is -3.60. The first-order chi connectivity index (χ1) is 14.0. The van der Waals surface area contributed by atoms with Gasteiger partial charge in [-0.2, -0.15) is 0 Å². The predicted octanol–water partition coefficient (Wildman–Crippen LogP) is 4.50. The highest BCUT2D eigenvalue weighted by atomic mass is 16.5. The number of carbonyl (C=O) groups is 2. The molecule has 1 aromatic heterocycles. The van der Waals surface area contributed by atoms with Crippen LogP contribution in [0.2, 0.25) is 0 Å². The van der Waals surface area contributed by atoms with E-state index in [1.54, 1.807) is 32.5 Å². The van der Waals surface area contributed by atoms with Crippen molar-refractivity contribution < 1.29 is 18.7 Å². The van der Waals surface area contributed by atoms with Gasteiger partial charge >= 0.3 is 5.97 Å². The third-order valence-electron chi connectivity index (χ3n) is 4.89. The number of ether oxygens (including phenoxy) is 1. The monoisotopic (exact) mass is 387 g/mol. The quantitative estimate of drug-likeness (QED) is 0.473. The molecule has 4 aromatic rings. The van der Waals surface area contributed by atoms with Crippen LogP contribution < -0.4 is 0 Å². The summed E-state index contributed by atoms with van der Waals surface area (Å²) in [5.41, 5.74) is 2.10. The first-order valence-corrected chi connectivity index (χ1v) is 9.38. The fourth-order valence-electron chi connectivity index (χ4n) is 3.46. The third kappa shape index (κ3) is 3.72. The SMILES string of the molecule is CN(C)C(=O)[C@H](OC(=O)Cc1coc2ccc3ccccc3c12)c1ccccc1. The molecule has 0 aliphatic rings. The van der Waals surface area contributed by atoms with E-state index in [-0.39, 0.29) is 12.3 Å². The third-order valence-corrected chi connectivity index (χ3v) is 4.89. The van der Waals surface area contributed by atoms with Crippen molar-refractivity contribution in [2.75, 3.05) is 14.1 Å². The van der Waals surface area contributed by atoms with Crippen molar-refractivity contribution in [2.24, 2.45) is 0 Å². The second-order valence-corrected chi connectivity index (χ2v) is 7.11. The van der Waals surface area contributed by atoms with Crippen molar-refractivity contribution in [1.29, 1.82) is 0 Å². The zero-order chi connectivity index (χ0) is 20.4.